The van der Waals surface area contributed by atoms with Crippen molar-refractivity contribution in [3.63, 3.8) is 0 Å². The molecule has 1 aromatic rings. The summed E-state index contributed by atoms with van der Waals surface area (Å²) in [6.07, 6.45) is 8.06. The minimum absolute atomic E-state index is 0.191. The zero-order valence-corrected chi connectivity index (χ0v) is 12.2. The Morgan fingerprint density at radius 2 is 2.30 bits per heavy atom. The van der Waals surface area contributed by atoms with Crippen molar-refractivity contribution in [1.82, 2.24) is 5.32 Å². The van der Waals surface area contributed by atoms with Crippen molar-refractivity contribution in [2.24, 2.45) is 0 Å². The molecular formula is C15H16ClNO3. The van der Waals surface area contributed by atoms with E-state index in [0.29, 0.717) is 23.1 Å². The highest BCUT2D eigenvalue weighted by molar-refractivity contribution is 6.32. The number of hydrogen-bond donors (Lipinski definition) is 1. The van der Waals surface area contributed by atoms with Gasteiger partial charge in [-0.1, -0.05) is 17.5 Å². The molecule has 0 unspecified atom stereocenters. The van der Waals surface area contributed by atoms with Crippen LogP contribution in [0.1, 0.15) is 12.5 Å². The quantitative estimate of drug-likeness (QED) is 0.647. The summed E-state index contributed by atoms with van der Waals surface area (Å²) in [6, 6.07) is 3.44. The van der Waals surface area contributed by atoms with Gasteiger partial charge in [0, 0.05) is 6.08 Å². The molecule has 0 heterocycles. The molecule has 0 aliphatic heterocycles. The third-order valence-corrected chi connectivity index (χ3v) is 2.61. The van der Waals surface area contributed by atoms with Crippen LogP contribution >= 0.6 is 11.6 Å². The zero-order chi connectivity index (χ0) is 15.0. The molecule has 0 radical (unpaired) electrons. The van der Waals surface area contributed by atoms with Crippen molar-refractivity contribution < 1.29 is 14.3 Å². The van der Waals surface area contributed by atoms with Crippen LogP contribution < -0.4 is 14.8 Å². The predicted octanol–water partition coefficient (Wildman–Crippen LogP) is 2.51. The number of carbonyl (C=O) groups is 1. The number of ether oxygens (including phenoxy) is 2. The van der Waals surface area contributed by atoms with Crippen molar-refractivity contribution in [2.75, 3.05) is 20.3 Å². The molecule has 0 atom stereocenters. The Labute approximate surface area is 123 Å². The monoisotopic (exact) mass is 293 g/mol. The summed E-state index contributed by atoms with van der Waals surface area (Å²) in [6.45, 7) is 2.54. The maximum absolute atomic E-state index is 11.4. The van der Waals surface area contributed by atoms with Crippen molar-refractivity contribution >= 4 is 23.6 Å². The minimum Gasteiger partial charge on any atom is -0.491 e. The van der Waals surface area contributed by atoms with Gasteiger partial charge in [0.05, 0.1) is 25.3 Å². The molecule has 0 aliphatic carbocycles. The summed E-state index contributed by atoms with van der Waals surface area (Å²) < 4.78 is 10.6. The van der Waals surface area contributed by atoms with Gasteiger partial charge in [-0.15, -0.1) is 6.42 Å². The Balaban J connectivity index is 2.94. The van der Waals surface area contributed by atoms with Crippen LogP contribution in [-0.2, 0) is 4.79 Å². The fraction of sp³-hybridized carbons (Fsp3) is 0.267. The first kappa shape index (κ1) is 15.9. The zero-order valence-electron chi connectivity index (χ0n) is 11.4. The second kappa shape index (κ2) is 8.13. The van der Waals surface area contributed by atoms with Gasteiger partial charge in [-0.2, -0.15) is 0 Å². The second-order valence-corrected chi connectivity index (χ2v) is 4.13. The second-order valence-electron chi connectivity index (χ2n) is 3.72. The average molecular weight is 294 g/mol. The highest BCUT2D eigenvalue weighted by atomic mass is 35.5. The SMILES string of the molecule is C#CCNC(=O)C=Cc1cc(Cl)c(OC)c(OCC)c1. The van der Waals surface area contributed by atoms with Gasteiger partial charge in [0.25, 0.3) is 0 Å². The van der Waals surface area contributed by atoms with E-state index >= 15 is 0 Å². The Hall–Kier alpha value is -2.12. The number of methoxy groups -OCH3 is 1. The number of terminal acetylenes is 1. The molecule has 106 valence electrons. The minimum atomic E-state index is -0.271. The Kier molecular flexibility index (Phi) is 6.48. The maximum atomic E-state index is 11.4. The average Bonchev–Trinajstić information content (AvgIpc) is 2.43. The summed E-state index contributed by atoms with van der Waals surface area (Å²) in [5.41, 5.74) is 0.732. The molecule has 5 heteroatoms. The highest BCUT2D eigenvalue weighted by Crippen LogP contribution is 2.36. The van der Waals surface area contributed by atoms with Gasteiger partial charge in [0.15, 0.2) is 11.5 Å². The molecule has 0 fully saturated rings. The Bertz CT molecular complexity index is 547. The number of halogens is 1. The molecule has 0 spiro atoms. The van der Waals surface area contributed by atoms with Crippen molar-refractivity contribution in [3.05, 3.63) is 28.8 Å². The van der Waals surface area contributed by atoms with E-state index in [0.717, 1.165) is 5.56 Å². The molecule has 20 heavy (non-hydrogen) atoms. The number of carbonyl (C=O) groups excluding carboxylic acids is 1. The lowest BCUT2D eigenvalue weighted by molar-refractivity contribution is -0.116. The lowest BCUT2D eigenvalue weighted by Gasteiger charge is -2.11. The van der Waals surface area contributed by atoms with E-state index < -0.39 is 0 Å². The maximum Gasteiger partial charge on any atom is 0.244 e. The van der Waals surface area contributed by atoms with E-state index in [1.807, 2.05) is 6.92 Å². The summed E-state index contributed by atoms with van der Waals surface area (Å²) >= 11 is 6.10. The Morgan fingerprint density at radius 1 is 1.55 bits per heavy atom. The summed E-state index contributed by atoms with van der Waals surface area (Å²) in [7, 11) is 1.52. The van der Waals surface area contributed by atoms with Crippen molar-refractivity contribution in [3.8, 4) is 23.8 Å². The van der Waals surface area contributed by atoms with Crippen LogP contribution in [-0.4, -0.2) is 26.2 Å². The molecule has 0 saturated heterocycles. The van der Waals surface area contributed by atoms with Crippen LogP contribution in [0.5, 0.6) is 11.5 Å². The van der Waals surface area contributed by atoms with Gasteiger partial charge in [0.1, 0.15) is 0 Å². The molecule has 0 aromatic heterocycles. The molecule has 1 N–H and O–H groups in total. The van der Waals surface area contributed by atoms with Gasteiger partial charge in [0.2, 0.25) is 5.91 Å². The first-order chi connectivity index (χ1) is 9.62. The topological polar surface area (TPSA) is 47.6 Å². The van der Waals surface area contributed by atoms with Gasteiger partial charge in [-0.3, -0.25) is 4.79 Å². The predicted molar refractivity (Wildman–Crippen MR) is 80.0 cm³/mol. The largest absolute Gasteiger partial charge is 0.491 e. The number of amides is 1. The molecule has 1 aromatic carbocycles. The number of rotatable bonds is 6. The molecular weight excluding hydrogens is 278 g/mol. The van der Waals surface area contributed by atoms with Gasteiger partial charge < -0.3 is 14.8 Å². The standard InChI is InChI=1S/C15H16ClNO3/c1-4-8-17-14(18)7-6-11-9-12(16)15(19-3)13(10-11)20-5-2/h1,6-7,9-10H,5,8H2,2-3H3,(H,17,18). The van der Waals surface area contributed by atoms with Gasteiger partial charge in [-0.05, 0) is 30.7 Å². The summed E-state index contributed by atoms with van der Waals surface area (Å²) in [5.74, 6) is 3.06. The number of nitrogens with one attached hydrogen (secondary N) is 1. The van der Waals surface area contributed by atoms with E-state index in [1.54, 1.807) is 18.2 Å². The van der Waals surface area contributed by atoms with Crippen LogP contribution in [0.3, 0.4) is 0 Å². The smallest absolute Gasteiger partial charge is 0.244 e. The molecule has 0 saturated carbocycles. The third kappa shape index (κ3) is 4.52. The van der Waals surface area contributed by atoms with E-state index in [-0.39, 0.29) is 12.5 Å². The van der Waals surface area contributed by atoms with E-state index in [2.05, 4.69) is 11.2 Å². The van der Waals surface area contributed by atoms with Crippen LogP contribution in [0.25, 0.3) is 6.08 Å². The normalized spacial score (nSPS) is 10.1. The third-order valence-electron chi connectivity index (χ3n) is 2.33. The molecule has 0 bridgehead atoms. The van der Waals surface area contributed by atoms with Crippen LogP contribution in [0.15, 0.2) is 18.2 Å². The van der Waals surface area contributed by atoms with E-state index in [4.69, 9.17) is 27.5 Å². The van der Waals surface area contributed by atoms with E-state index in [1.165, 1.54) is 13.2 Å². The van der Waals surface area contributed by atoms with Crippen LogP contribution in [0.4, 0.5) is 0 Å². The van der Waals surface area contributed by atoms with Crippen molar-refractivity contribution in [2.45, 2.75) is 6.92 Å². The summed E-state index contributed by atoms with van der Waals surface area (Å²) in [4.78, 5) is 11.4. The molecule has 1 amide bonds. The lowest BCUT2D eigenvalue weighted by atomic mass is 10.2. The fourth-order valence-corrected chi connectivity index (χ4v) is 1.81. The Morgan fingerprint density at radius 3 is 2.90 bits per heavy atom. The highest BCUT2D eigenvalue weighted by Gasteiger charge is 2.10. The summed E-state index contributed by atoms with van der Waals surface area (Å²) in [5, 5.41) is 2.95. The molecule has 0 aliphatic rings. The number of benzene rings is 1. The van der Waals surface area contributed by atoms with Crippen LogP contribution in [0, 0.1) is 12.3 Å². The van der Waals surface area contributed by atoms with E-state index in [9.17, 15) is 4.79 Å². The lowest BCUT2D eigenvalue weighted by Crippen LogP contribution is -2.20. The van der Waals surface area contributed by atoms with Crippen LogP contribution in [0.2, 0.25) is 5.02 Å². The van der Waals surface area contributed by atoms with Crippen molar-refractivity contribution in [1.29, 1.82) is 0 Å². The molecule has 4 nitrogen and oxygen atoms in total. The van der Waals surface area contributed by atoms with Gasteiger partial charge in [-0.25, -0.2) is 0 Å². The molecule has 1 rings (SSSR count). The first-order valence-corrected chi connectivity index (χ1v) is 6.39. The first-order valence-electron chi connectivity index (χ1n) is 6.02. The fourth-order valence-electron chi connectivity index (χ4n) is 1.51. The number of hydrogen-bond acceptors (Lipinski definition) is 3. The van der Waals surface area contributed by atoms with Gasteiger partial charge >= 0.3 is 0 Å².